The summed E-state index contributed by atoms with van der Waals surface area (Å²) in [7, 11) is 4.85. The summed E-state index contributed by atoms with van der Waals surface area (Å²) >= 11 is 0. The number of benzene rings is 2. The molecule has 0 atom stereocenters. The predicted octanol–water partition coefficient (Wildman–Crippen LogP) is 3.32. The van der Waals surface area contributed by atoms with Gasteiger partial charge in [-0.15, -0.1) is 0 Å². The van der Waals surface area contributed by atoms with Crippen LogP contribution in [0.4, 0.5) is 0 Å². The lowest BCUT2D eigenvalue weighted by Crippen LogP contribution is -1.94. The van der Waals surface area contributed by atoms with Gasteiger partial charge in [0.25, 0.3) is 0 Å². The number of hydrogen-bond acceptors (Lipinski definition) is 5. The van der Waals surface area contributed by atoms with Gasteiger partial charge in [0.15, 0.2) is 11.5 Å². The van der Waals surface area contributed by atoms with Crippen LogP contribution in [0.3, 0.4) is 0 Å². The van der Waals surface area contributed by atoms with Crippen molar-refractivity contribution in [2.24, 2.45) is 0 Å². The van der Waals surface area contributed by atoms with Gasteiger partial charge < -0.3 is 14.2 Å². The second-order valence-electron chi connectivity index (χ2n) is 4.68. The molecule has 0 spiro atoms. The van der Waals surface area contributed by atoms with Crippen molar-refractivity contribution in [3.63, 3.8) is 0 Å². The van der Waals surface area contributed by atoms with E-state index in [0.29, 0.717) is 11.5 Å². The van der Waals surface area contributed by atoms with Crippen molar-refractivity contribution >= 4 is 11.0 Å². The molecule has 3 aromatic rings. The molecular formula is C17H16N2O3. The van der Waals surface area contributed by atoms with E-state index >= 15 is 0 Å². The van der Waals surface area contributed by atoms with Crippen molar-refractivity contribution in [2.75, 3.05) is 21.3 Å². The van der Waals surface area contributed by atoms with Crippen molar-refractivity contribution in [1.82, 2.24) is 9.97 Å². The van der Waals surface area contributed by atoms with Crippen LogP contribution in [0.15, 0.2) is 42.6 Å². The lowest BCUT2D eigenvalue weighted by atomic mass is 10.1. The Morgan fingerprint density at radius 3 is 2.00 bits per heavy atom. The van der Waals surface area contributed by atoms with Crippen LogP contribution < -0.4 is 14.2 Å². The summed E-state index contributed by atoms with van der Waals surface area (Å²) in [4.78, 5) is 9.10. The van der Waals surface area contributed by atoms with Crippen LogP contribution in [0.1, 0.15) is 0 Å². The fraction of sp³-hybridized carbons (Fsp3) is 0.176. The van der Waals surface area contributed by atoms with E-state index in [2.05, 4.69) is 9.97 Å². The number of nitrogens with zero attached hydrogens (tertiary/aromatic N) is 2. The largest absolute Gasteiger partial charge is 0.497 e. The Morgan fingerprint density at radius 1 is 0.773 bits per heavy atom. The first-order chi connectivity index (χ1) is 10.7. The molecular weight excluding hydrogens is 280 g/mol. The zero-order chi connectivity index (χ0) is 15.5. The van der Waals surface area contributed by atoms with Crippen LogP contribution in [0.2, 0.25) is 0 Å². The third-order valence-corrected chi connectivity index (χ3v) is 3.43. The molecule has 5 nitrogen and oxygen atoms in total. The molecule has 0 radical (unpaired) electrons. The van der Waals surface area contributed by atoms with E-state index in [-0.39, 0.29) is 0 Å². The predicted molar refractivity (Wildman–Crippen MR) is 84.6 cm³/mol. The zero-order valence-electron chi connectivity index (χ0n) is 12.7. The maximum atomic E-state index is 5.31. The Labute approximate surface area is 128 Å². The van der Waals surface area contributed by atoms with Crippen LogP contribution >= 0.6 is 0 Å². The van der Waals surface area contributed by atoms with Gasteiger partial charge in [0.05, 0.1) is 44.3 Å². The molecule has 0 N–H and O–H groups in total. The summed E-state index contributed by atoms with van der Waals surface area (Å²) in [6.07, 6.45) is 1.75. The quantitative estimate of drug-likeness (QED) is 0.739. The van der Waals surface area contributed by atoms with E-state index in [0.717, 1.165) is 28.0 Å². The van der Waals surface area contributed by atoms with E-state index in [1.807, 2.05) is 36.4 Å². The van der Waals surface area contributed by atoms with Crippen LogP contribution in [0.25, 0.3) is 22.3 Å². The monoisotopic (exact) mass is 296 g/mol. The second kappa shape index (κ2) is 5.89. The maximum absolute atomic E-state index is 5.31. The van der Waals surface area contributed by atoms with Crippen molar-refractivity contribution in [3.05, 3.63) is 42.6 Å². The van der Waals surface area contributed by atoms with Crippen molar-refractivity contribution in [2.45, 2.75) is 0 Å². The average molecular weight is 296 g/mol. The molecule has 2 aromatic carbocycles. The highest BCUT2D eigenvalue weighted by Crippen LogP contribution is 2.31. The molecule has 0 aliphatic heterocycles. The number of methoxy groups -OCH3 is 3. The minimum absolute atomic E-state index is 0.635. The van der Waals surface area contributed by atoms with E-state index in [9.17, 15) is 0 Å². The topological polar surface area (TPSA) is 53.5 Å². The molecule has 112 valence electrons. The SMILES string of the molecule is COc1ccc(-c2cnc3cc(OC)c(OC)cc3n2)cc1. The van der Waals surface area contributed by atoms with Crippen LogP contribution in [0.5, 0.6) is 17.2 Å². The fourth-order valence-corrected chi connectivity index (χ4v) is 2.24. The van der Waals surface area contributed by atoms with Crippen molar-refractivity contribution in [1.29, 1.82) is 0 Å². The van der Waals surface area contributed by atoms with E-state index in [1.54, 1.807) is 27.5 Å². The van der Waals surface area contributed by atoms with Gasteiger partial charge in [-0.25, -0.2) is 4.98 Å². The molecule has 0 saturated heterocycles. The first-order valence-electron chi connectivity index (χ1n) is 6.78. The Morgan fingerprint density at radius 2 is 1.41 bits per heavy atom. The number of aromatic nitrogens is 2. The zero-order valence-corrected chi connectivity index (χ0v) is 12.7. The van der Waals surface area contributed by atoms with Crippen LogP contribution in [0, 0.1) is 0 Å². The molecule has 22 heavy (non-hydrogen) atoms. The lowest BCUT2D eigenvalue weighted by Gasteiger charge is -2.09. The smallest absolute Gasteiger partial charge is 0.163 e. The standard InChI is InChI=1S/C17H16N2O3/c1-20-12-6-4-11(5-7-12)15-10-18-13-8-16(21-2)17(22-3)9-14(13)19-15/h4-10H,1-3H3. The molecule has 5 heteroatoms. The molecule has 0 aliphatic carbocycles. The number of hydrogen-bond donors (Lipinski definition) is 0. The van der Waals surface area contributed by atoms with Gasteiger partial charge in [0, 0.05) is 17.7 Å². The summed E-state index contributed by atoms with van der Waals surface area (Å²) in [5, 5.41) is 0. The number of ether oxygens (including phenoxy) is 3. The molecule has 0 bridgehead atoms. The first kappa shape index (κ1) is 14.1. The minimum atomic E-state index is 0.635. The lowest BCUT2D eigenvalue weighted by molar-refractivity contribution is 0.355. The molecule has 0 unspecified atom stereocenters. The molecule has 1 aromatic heterocycles. The van der Waals surface area contributed by atoms with E-state index in [4.69, 9.17) is 14.2 Å². The Hall–Kier alpha value is -2.82. The summed E-state index contributed by atoms with van der Waals surface area (Å²) < 4.78 is 15.8. The van der Waals surface area contributed by atoms with Crippen molar-refractivity contribution in [3.8, 4) is 28.5 Å². The number of rotatable bonds is 4. The summed E-state index contributed by atoms with van der Waals surface area (Å²) in [6.45, 7) is 0. The maximum Gasteiger partial charge on any atom is 0.163 e. The van der Waals surface area contributed by atoms with E-state index in [1.165, 1.54) is 0 Å². The third kappa shape index (κ3) is 2.53. The highest BCUT2D eigenvalue weighted by Gasteiger charge is 2.09. The third-order valence-electron chi connectivity index (χ3n) is 3.43. The normalized spacial score (nSPS) is 10.5. The Bertz CT molecular complexity index is 801. The van der Waals surface area contributed by atoms with Gasteiger partial charge in [-0.3, -0.25) is 4.98 Å². The number of fused-ring (bicyclic) bond motifs is 1. The minimum Gasteiger partial charge on any atom is -0.497 e. The first-order valence-corrected chi connectivity index (χ1v) is 6.78. The van der Waals surface area contributed by atoms with Gasteiger partial charge in [0.1, 0.15) is 5.75 Å². The highest BCUT2D eigenvalue weighted by atomic mass is 16.5. The average Bonchev–Trinajstić information content (AvgIpc) is 2.60. The van der Waals surface area contributed by atoms with Crippen LogP contribution in [-0.2, 0) is 0 Å². The van der Waals surface area contributed by atoms with Gasteiger partial charge in [-0.2, -0.15) is 0 Å². The second-order valence-corrected chi connectivity index (χ2v) is 4.68. The van der Waals surface area contributed by atoms with Gasteiger partial charge in [-0.1, -0.05) is 0 Å². The van der Waals surface area contributed by atoms with E-state index < -0.39 is 0 Å². The fourth-order valence-electron chi connectivity index (χ4n) is 2.24. The summed E-state index contributed by atoms with van der Waals surface area (Å²) in [5.74, 6) is 2.08. The Kier molecular flexibility index (Phi) is 3.78. The van der Waals surface area contributed by atoms with Gasteiger partial charge >= 0.3 is 0 Å². The van der Waals surface area contributed by atoms with Gasteiger partial charge in [0.2, 0.25) is 0 Å². The van der Waals surface area contributed by atoms with Crippen LogP contribution in [-0.4, -0.2) is 31.3 Å². The molecule has 3 rings (SSSR count). The molecule has 0 fully saturated rings. The molecule has 0 saturated carbocycles. The molecule has 0 aliphatic rings. The van der Waals surface area contributed by atoms with Crippen molar-refractivity contribution < 1.29 is 14.2 Å². The Balaban J connectivity index is 2.08. The van der Waals surface area contributed by atoms with Gasteiger partial charge in [-0.05, 0) is 24.3 Å². The summed E-state index contributed by atoms with van der Waals surface area (Å²) in [6, 6.07) is 11.4. The summed E-state index contributed by atoms with van der Waals surface area (Å²) in [5.41, 5.74) is 3.29. The molecule has 0 amide bonds. The molecule has 1 heterocycles. The highest BCUT2D eigenvalue weighted by molar-refractivity contribution is 5.81.